The summed E-state index contributed by atoms with van der Waals surface area (Å²) in [6.45, 7) is 0.658. The van der Waals surface area contributed by atoms with Gasteiger partial charge in [0.05, 0.1) is 16.4 Å². The number of nitrogens with one attached hydrogen (secondary N) is 1. The fourth-order valence-electron chi connectivity index (χ4n) is 1.66. The minimum Gasteiger partial charge on any atom is -0.492 e. The van der Waals surface area contributed by atoms with Gasteiger partial charge in [-0.25, -0.2) is 10.8 Å². The highest BCUT2D eigenvalue weighted by Gasteiger charge is 2.05. The van der Waals surface area contributed by atoms with E-state index in [0.717, 1.165) is 0 Å². The van der Waals surface area contributed by atoms with Crippen molar-refractivity contribution in [2.45, 2.75) is 6.54 Å². The Kier molecular flexibility index (Phi) is 5.28. The van der Waals surface area contributed by atoms with Gasteiger partial charge in [0.2, 0.25) is 0 Å². The van der Waals surface area contributed by atoms with E-state index in [2.05, 4.69) is 10.4 Å². The molecule has 0 unspecified atom stereocenters. The largest absolute Gasteiger partial charge is 0.492 e. The summed E-state index contributed by atoms with van der Waals surface area (Å²) in [6, 6.07) is 6.63. The Labute approximate surface area is 134 Å². The van der Waals surface area contributed by atoms with Crippen molar-refractivity contribution in [3.63, 3.8) is 0 Å². The van der Waals surface area contributed by atoms with Crippen LogP contribution in [0.3, 0.4) is 0 Å². The van der Waals surface area contributed by atoms with E-state index in [0.29, 0.717) is 21.4 Å². The first-order chi connectivity index (χ1) is 10.1. The Morgan fingerprint density at radius 2 is 2.29 bits per heavy atom. The summed E-state index contributed by atoms with van der Waals surface area (Å²) in [5.41, 5.74) is 2.35. The zero-order chi connectivity index (χ0) is 15.2. The molecule has 0 saturated carbocycles. The molecule has 0 radical (unpaired) electrons. The van der Waals surface area contributed by atoms with E-state index in [1.165, 1.54) is 17.1 Å². The van der Waals surface area contributed by atoms with E-state index in [9.17, 15) is 9.59 Å². The molecule has 2 rings (SSSR count). The highest BCUT2D eigenvalue weighted by molar-refractivity contribution is 14.1. The second kappa shape index (κ2) is 7.18. The molecule has 0 bridgehead atoms. The number of halogens is 1. The Balaban J connectivity index is 1.99. The summed E-state index contributed by atoms with van der Waals surface area (Å²) >= 11 is 1.94. The molecule has 110 valence electrons. The van der Waals surface area contributed by atoms with Crippen LogP contribution in [0.25, 0.3) is 0 Å². The quantitative estimate of drug-likeness (QED) is 0.330. The third-order valence-corrected chi connectivity index (χ3v) is 3.43. The van der Waals surface area contributed by atoms with Crippen LogP contribution in [-0.2, 0) is 6.54 Å². The normalized spacial score (nSPS) is 10.2. The molecule has 0 aliphatic rings. The number of ether oxygens (including phenoxy) is 1. The smallest absolute Gasteiger partial charge is 0.266 e. The van der Waals surface area contributed by atoms with Gasteiger partial charge in [0.1, 0.15) is 12.4 Å². The zero-order valence-corrected chi connectivity index (χ0v) is 13.1. The van der Waals surface area contributed by atoms with Crippen LogP contribution in [0.1, 0.15) is 10.4 Å². The van der Waals surface area contributed by atoms with Gasteiger partial charge in [-0.05, 0) is 40.8 Å². The van der Waals surface area contributed by atoms with Gasteiger partial charge in [-0.1, -0.05) is 6.07 Å². The van der Waals surface area contributed by atoms with Crippen molar-refractivity contribution in [1.29, 1.82) is 0 Å². The van der Waals surface area contributed by atoms with Gasteiger partial charge >= 0.3 is 0 Å². The Bertz CT molecular complexity index is 702. The predicted octanol–water partition coefficient (Wildman–Crippen LogP) is 0.530. The third-order valence-electron chi connectivity index (χ3n) is 2.69. The molecule has 0 fully saturated rings. The molecule has 0 saturated heterocycles. The van der Waals surface area contributed by atoms with Crippen molar-refractivity contribution in [3.8, 4) is 5.75 Å². The lowest BCUT2D eigenvalue weighted by molar-refractivity contribution is 0.0953. The first-order valence-electron chi connectivity index (χ1n) is 6.05. The van der Waals surface area contributed by atoms with Crippen molar-refractivity contribution in [2.24, 2.45) is 5.84 Å². The van der Waals surface area contributed by atoms with Gasteiger partial charge in [0, 0.05) is 11.8 Å². The second-order valence-electron chi connectivity index (χ2n) is 4.09. The number of nitrogens with zero attached hydrogens (tertiary/aromatic N) is 2. The number of rotatable bonds is 5. The first-order valence-corrected chi connectivity index (χ1v) is 7.13. The Morgan fingerprint density at radius 3 is 3.05 bits per heavy atom. The zero-order valence-electron chi connectivity index (χ0n) is 11.0. The molecule has 1 heterocycles. The Hall–Kier alpha value is -1.94. The molecule has 1 aromatic carbocycles. The molecule has 2 aromatic rings. The van der Waals surface area contributed by atoms with Crippen molar-refractivity contribution in [2.75, 3.05) is 6.61 Å². The molecule has 1 amide bonds. The maximum Gasteiger partial charge on any atom is 0.266 e. The van der Waals surface area contributed by atoms with E-state index >= 15 is 0 Å². The van der Waals surface area contributed by atoms with Gasteiger partial charge in [-0.15, -0.1) is 0 Å². The van der Waals surface area contributed by atoms with Crippen LogP contribution >= 0.6 is 22.6 Å². The van der Waals surface area contributed by atoms with Gasteiger partial charge in [-0.2, -0.15) is 0 Å². The molecule has 0 atom stereocenters. The lowest BCUT2D eigenvalue weighted by Gasteiger charge is -2.09. The van der Waals surface area contributed by atoms with Crippen LogP contribution < -0.4 is 21.6 Å². The molecule has 3 N–H and O–H groups in total. The monoisotopic (exact) mass is 400 g/mol. The lowest BCUT2D eigenvalue weighted by atomic mass is 10.2. The fourth-order valence-corrected chi connectivity index (χ4v) is 2.13. The molecule has 21 heavy (non-hydrogen) atoms. The molecule has 7 nitrogen and oxygen atoms in total. The standard InChI is InChI=1S/C13H13IN4O3/c14-11-7-16-8-18(13(11)20)4-5-21-10-3-1-2-9(6-10)12(19)17-15/h1-3,6-8H,4-5,15H2,(H,17,19). The number of amides is 1. The van der Waals surface area contributed by atoms with E-state index in [-0.39, 0.29) is 12.2 Å². The lowest BCUT2D eigenvalue weighted by Crippen LogP contribution is -2.29. The van der Waals surface area contributed by atoms with Gasteiger partial charge < -0.3 is 4.74 Å². The SMILES string of the molecule is NNC(=O)c1cccc(OCCn2cncc(I)c2=O)c1. The predicted molar refractivity (Wildman–Crippen MR) is 84.8 cm³/mol. The number of benzene rings is 1. The summed E-state index contributed by atoms with van der Waals surface area (Å²) in [5, 5.41) is 0. The average Bonchev–Trinajstić information content (AvgIpc) is 2.51. The number of aromatic nitrogens is 2. The van der Waals surface area contributed by atoms with E-state index in [4.69, 9.17) is 10.6 Å². The van der Waals surface area contributed by atoms with Crippen LogP contribution in [0.2, 0.25) is 0 Å². The molecule has 0 spiro atoms. The maximum atomic E-state index is 11.8. The van der Waals surface area contributed by atoms with Gasteiger partial charge in [0.15, 0.2) is 0 Å². The minimum atomic E-state index is -0.390. The molecule has 0 aliphatic carbocycles. The molecular formula is C13H13IN4O3. The Morgan fingerprint density at radius 1 is 1.48 bits per heavy atom. The average molecular weight is 400 g/mol. The topological polar surface area (TPSA) is 99.2 Å². The van der Waals surface area contributed by atoms with E-state index in [1.54, 1.807) is 24.3 Å². The maximum absolute atomic E-state index is 11.8. The first kappa shape index (κ1) is 15.4. The molecular weight excluding hydrogens is 387 g/mol. The summed E-state index contributed by atoms with van der Waals surface area (Å²) in [7, 11) is 0. The number of carbonyl (C=O) groups is 1. The van der Waals surface area contributed by atoms with Crippen LogP contribution in [0.5, 0.6) is 5.75 Å². The van der Waals surface area contributed by atoms with Crippen molar-refractivity contribution in [3.05, 3.63) is 56.3 Å². The number of nitrogen functional groups attached to an aromatic ring is 1. The summed E-state index contributed by atoms with van der Waals surface area (Å²) in [6.07, 6.45) is 2.97. The molecule has 8 heteroatoms. The summed E-state index contributed by atoms with van der Waals surface area (Å²) < 4.78 is 7.55. The fraction of sp³-hybridized carbons (Fsp3) is 0.154. The van der Waals surface area contributed by atoms with E-state index < -0.39 is 5.91 Å². The minimum absolute atomic E-state index is 0.106. The van der Waals surface area contributed by atoms with Gasteiger partial charge in [-0.3, -0.25) is 19.6 Å². The van der Waals surface area contributed by atoms with Crippen LogP contribution in [0.15, 0.2) is 41.6 Å². The summed E-state index contributed by atoms with van der Waals surface area (Å²) in [5.74, 6) is 5.22. The van der Waals surface area contributed by atoms with E-state index in [1.807, 2.05) is 22.6 Å². The highest BCUT2D eigenvalue weighted by atomic mass is 127. The second-order valence-corrected chi connectivity index (χ2v) is 5.25. The highest BCUT2D eigenvalue weighted by Crippen LogP contribution is 2.13. The molecule has 0 aliphatic heterocycles. The van der Waals surface area contributed by atoms with Crippen LogP contribution in [0.4, 0.5) is 0 Å². The number of nitrogens with two attached hydrogens (primary N) is 1. The number of carbonyl (C=O) groups excluding carboxylic acids is 1. The number of hydrogen-bond acceptors (Lipinski definition) is 5. The van der Waals surface area contributed by atoms with Crippen molar-refractivity contribution < 1.29 is 9.53 Å². The number of hydrazine groups is 1. The van der Waals surface area contributed by atoms with Crippen molar-refractivity contribution in [1.82, 2.24) is 15.0 Å². The summed E-state index contributed by atoms with van der Waals surface area (Å²) in [4.78, 5) is 27.1. The van der Waals surface area contributed by atoms with Crippen LogP contribution in [-0.4, -0.2) is 22.1 Å². The number of hydrogen-bond donors (Lipinski definition) is 2. The molecule has 1 aromatic heterocycles. The van der Waals surface area contributed by atoms with Gasteiger partial charge in [0.25, 0.3) is 11.5 Å². The van der Waals surface area contributed by atoms with Crippen molar-refractivity contribution >= 4 is 28.5 Å². The van der Waals surface area contributed by atoms with Crippen LogP contribution in [0, 0.1) is 3.57 Å². The third kappa shape index (κ3) is 4.02.